The van der Waals surface area contributed by atoms with E-state index in [9.17, 15) is 4.79 Å². The average molecular weight is 486 g/mol. The summed E-state index contributed by atoms with van der Waals surface area (Å²) < 4.78 is 6.27. The van der Waals surface area contributed by atoms with Gasteiger partial charge in [-0.3, -0.25) is 4.79 Å². The van der Waals surface area contributed by atoms with Crippen molar-refractivity contribution in [3.05, 3.63) is 65.2 Å². The van der Waals surface area contributed by atoms with Crippen molar-refractivity contribution in [2.24, 2.45) is 10.2 Å². The number of carbonyl (C=O) groups is 1. The Kier molecular flexibility index (Phi) is 7.49. The van der Waals surface area contributed by atoms with E-state index in [1.54, 1.807) is 0 Å². The van der Waals surface area contributed by atoms with E-state index in [0.29, 0.717) is 30.1 Å². The van der Waals surface area contributed by atoms with Crippen LogP contribution in [0.15, 0.2) is 58.8 Å². The maximum absolute atomic E-state index is 12.9. The second-order valence-electron chi connectivity index (χ2n) is 11.0. The highest BCUT2D eigenvalue weighted by Gasteiger charge is 2.27. The molecule has 4 rings (SSSR count). The van der Waals surface area contributed by atoms with Crippen molar-refractivity contribution in [1.29, 1.82) is 0 Å². The first kappa shape index (κ1) is 25.9. The third-order valence-corrected chi connectivity index (χ3v) is 7.86. The van der Waals surface area contributed by atoms with Crippen LogP contribution in [-0.2, 0) is 10.8 Å². The molecule has 0 aromatic heterocycles. The number of hydrogen-bond donors (Lipinski definition) is 1. The normalized spacial score (nSPS) is 12.8. The van der Waals surface area contributed by atoms with E-state index in [2.05, 4.69) is 75.3 Å². The summed E-state index contributed by atoms with van der Waals surface area (Å²) in [5.41, 5.74) is 4.71. The lowest BCUT2D eigenvalue weighted by Crippen LogP contribution is -2.24. The lowest BCUT2D eigenvalue weighted by atomic mass is 9.76. The second-order valence-corrected chi connectivity index (χ2v) is 11.0. The van der Waals surface area contributed by atoms with Crippen LogP contribution in [0.1, 0.15) is 88.7 Å². The Labute approximate surface area is 215 Å². The Bertz CT molecular complexity index is 1290. The number of amides is 1. The third-order valence-electron chi connectivity index (χ3n) is 7.86. The van der Waals surface area contributed by atoms with Crippen molar-refractivity contribution in [2.75, 3.05) is 13.2 Å². The number of nitrogens with zero attached hydrogens (tertiary/aromatic N) is 2. The second kappa shape index (κ2) is 10.4. The van der Waals surface area contributed by atoms with Crippen molar-refractivity contribution in [3.8, 4) is 5.75 Å². The number of benzene rings is 3. The van der Waals surface area contributed by atoms with Crippen LogP contribution in [0.25, 0.3) is 10.8 Å². The van der Waals surface area contributed by atoms with Gasteiger partial charge in [-0.05, 0) is 59.6 Å². The summed E-state index contributed by atoms with van der Waals surface area (Å²) in [6.45, 7) is 14.8. The van der Waals surface area contributed by atoms with Gasteiger partial charge in [0.05, 0.1) is 12.2 Å². The van der Waals surface area contributed by atoms with Crippen molar-refractivity contribution >= 4 is 28.1 Å². The van der Waals surface area contributed by atoms with E-state index in [1.165, 1.54) is 11.1 Å². The van der Waals surface area contributed by atoms with Crippen LogP contribution in [0.3, 0.4) is 0 Å². The lowest BCUT2D eigenvalue weighted by Gasteiger charge is -2.30. The monoisotopic (exact) mass is 485 g/mol. The number of rotatable bonds is 11. The minimum Gasteiger partial charge on any atom is -0.493 e. The zero-order valence-electron chi connectivity index (χ0n) is 22.6. The molecule has 1 N–H and O–H groups in total. The molecule has 1 aliphatic heterocycles. The van der Waals surface area contributed by atoms with Gasteiger partial charge in [0.2, 0.25) is 0 Å². The molecule has 0 saturated heterocycles. The number of hydrogen-bond acceptors (Lipinski definition) is 4. The largest absolute Gasteiger partial charge is 0.493 e. The maximum Gasteiger partial charge on any atom is 0.255 e. The van der Waals surface area contributed by atoms with Crippen molar-refractivity contribution in [3.63, 3.8) is 0 Å². The molecule has 3 aromatic carbocycles. The molecular formula is C31H39N3O2. The molecule has 0 radical (unpaired) electrons. The molecule has 0 spiro atoms. The number of fused-ring (bicyclic) bond motifs is 4. The quantitative estimate of drug-likeness (QED) is 0.216. The molecule has 0 aliphatic carbocycles. The molecule has 5 heteroatoms. The molecular weight excluding hydrogens is 446 g/mol. The Morgan fingerprint density at radius 2 is 1.67 bits per heavy atom. The molecule has 36 heavy (non-hydrogen) atoms. The molecule has 5 nitrogen and oxygen atoms in total. The zero-order chi connectivity index (χ0) is 25.9. The van der Waals surface area contributed by atoms with Gasteiger partial charge in [0.1, 0.15) is 17.1 Å². The van der Waals surface area contributed by atoms with Gasteiger partial charge in [-0.25, -0.2) is 0 Å². The van der Waals surface area contributed by atoms with Gasteiger partial charge in [-0.2, -0.15) is 0 Å². The van der Waals surface area contributed by atoms with E-state index in [4.69, 9.17) is 4.74 Å². The predicted molar refractivity (Wildman–Crippen MR) is 148 cm³/mol. The van der Waals surface area contributed by atoms with E-state index in [0.717, 1.165) is 42.2 Å². The first-order valence-electron chi connectivity index (χ1n) is 13.2. The van der Waals surface area contributed by atoms with Crippen LogP contribution in [0, 0.1) is 0 Å². The van der Waals surface area contributed by atoms with Gasteiger partial charge in [-0.15, -0.1) is 10.2 Å². The minimum atomic E-state index is -0.113. The summed E-state index contributed by atoms with van der Waals surface area (Å²) in [6.07, 6.45) is 3.84. The van der Waals surface area contributed by atoms with Gasteiger partial charge in [0.25, 0.3) is 5.91 Å². The summed E-state index contributed by atoms with van der Waals surface area (Å²) in [6, 6.07) is 16.6. The Balaban J connectivity index is 1.33. The standard InChI is InChI=1S/C31H39N3O2/c1-7-30(3,4)22-15-16-26(24(20-22)31(5,6)8-2)36-18-12-11-17-32-29(35)27-25-19-21-13-9-10-14-23(21)28(27)34-33-25/h9-10,13-16,19-20H,7-8,11-12,17-18H2,1-6H3,(H,32,35). The molecule has 1 amide bonds. The molecule has 2 bridgehead atoms. The van der Waals surface area contributed by atoms with Gasteiger partial charge < -0.3 is 10.1 Å². The highest BCUT2D eigenvalue weighted by molar-refractivity contribution is 6.12. The number of unbranched alkanes of at least 4 members (excludes halogenated alkanes) is 1. The fourth-order valence-corrected chi connectivity index (χ4v) is 4.52. The van der Waals surface area contributed by atoms with Crippen LogP contribution in [0.4, 0.5) is 11.4 Å². The van der Waals surface area contributed by atoms with Crippen molar-refractivity contribution in [2.45, 2.75) is 78.1 Å². The average Bonchev–Trinajstić information content (AvgIpc) is 3.20. The van der Waals surface area contributed by atoms with Gasteiger partial charge >= 0.3 is 0 Å². The summed E-state index contributed by atoms with van der Waals surface area (Å²) in [7, 11) is 0. The van der Waals surface area contributed by atoms with Gasteiger partial charge in [0, 0.05) is 17.5 Å². The lowest BCUT2D eigenvalue weighted by molar-refractivity contribution is 0.0954. The van der Waals surface area contributed by atoms with E-state index < -0.39 is 0 Å². The summed E-state index contributed by atoms with van der Waals surface area (Å²) in [5.74, 6) is 0.860. The highest BCUT2D eigenvalue weighted by atomic mass is 16.5. The Morgan fingerprint density at radius 1 is 0.917 bits per heavy atom. The van der Waals surface area contributed by atoms with Crippen LogP contribution in [0.2, 0.25) is 0 Å². The molecule has 190 valence electrons. The smallest absolute Gasteiger partial charge is 0.255 e. The molecule has 0 unspecified atom stereocenters. The highest BCUT2D eigenvalue weighted by Crippen LogP contribution is 2.43. The first-order chi connectivity index (χ1) is 17.2. The molecule has 1 aliphatic rings. The SMILES string of the molecule is CCC(C)(C)c1ccc(OCCCCNC(=O)c2c3cc4ccccc4c2N=N3)c(C(C)(C)CC)c1. The minimum absolute atomic E-state index is 0.0424. The van der Waals surface area contributed by atoms with E-state index >= 15 is 0 Å². The molecule has 1 heterocycles. The molecule has 3 aromatic rings. The van der Waals surface area contributed by atoms with Gasteiger partial charge in [0.15, 0.2) is 0 Å². The first-order valence-corrected chi connectivity index (χ1v) is 13.2. The predicted octanol–water partition coefficient (Wildman–Crippen LogP) is 8.53. The number of nitrogens with one attached hydrogen (secondary N) is 1. The van der Waals surface area contributed by atoms with Crippen LogP contribution in [0.5, 0.6) is 5.75 Å². The number of carbonyl (C=O) groups excluding carboxylic acids is 1. The van der Waals surface area contributed by atoms with Crippen LogP contribution in [-0.4, -0.2) is 19.1 Å². The summed E-state index contributed by atoms with van der Waals surface area (Å²) in [4.78, 5) is 12.9. The van der Waals surface area contributed by atoms with Crippen LogP contribution < -0.4 is 10.1 Å². The molecule has 0 atom stereocenters. The summed E-state index contributed by atoms with van der Waals surface area (Å²) >= 11 is 0. The number of azo groups is 1. The van der Waals surface area contributed by atoms with Gasteiger partial charge in [-0.1, -0.05) is 77.9 Å². The maximum atomic E-state index is 12.9. The van der Waals surface area contributed by atoms with E-state index in [1.807, 2.05) is 30.3 Å². The topological polar surface area (TPSA) is 63.0 Å². The summed E-state index contributed by atoms with van der Waals surface area (Å²) in [5, 5.41) is 13.5. The Hall–Kier alpha value is -3.21. The number of ether oxygens (including phenoxy) is 1. The third kappa shape index (κ3) is 5.16. The Morgan fingerprint density at radius 3 is 2.42 bits per heavy atom. The fourth-order valence-electron chi connectivity index (χ4n) is 4.52. The molecule has 0 fully saturated rings. The zero-order valence-corrected chi connectivity index (χ0v) is 22.6. The van der Waals surface area contributed by atoms with Crippen LogP contribution >= 0.6 is 0 Å². The van der Waals surface area contributed by atoms with Crippen molar-refractivity contribution in [1.82, 2.24) is 5.32 Å². The molecule has 0 saturated carbocycles. The van der Waals surface area contributed by atoms with Crippen molar-refractivity contribution < 1.29 is 9.53 Å². The fraction of sp³-hybridized carbons (Fsp3) is 0.452. The van der Waals surface area contributed by atoms with E-state index in [-0.39, 0.29) is 16.7 Å².